The van der Waals surface area contributed by atoms with Crippen molar-refractivity contribution in [1.29, 1.82) is 0 Å². The second-order valence-corrected chi connectivity index (χ2v) is 4.89. The van der Waals surface area contributed by atoms with E-state index in [-0.39, 0.29) is 16.8 Å². The Morgan fingerprint density at radius 2 is 1.68 bits per heavy atom. The monoisotopic (exact) mass is 363 g/mol. The molecule has 0 spiro atoms. The van der Waals surface area contributed by atoms with Gasteiger partial charge in [-0.1, -0.05) is 0 Å². The number of ether oxygens (including phenoxy) is 1. The van der Waals surface area contributed by atoms with Crippen LogP contribution in [0.5, 0.6) is 11.5 Å². The Labute approximate surface area is 135 Å². The van der Waals surface area contributed by atoms with E-state index in [2.05, 4.69) is 14.9 Å². The molecule has 0 bridgehead atoms. The minimum atomic E-state index is -4.93. The van der Waals surface area contributed by atoms with Crippen LogP contribution in [0.3, 0.4) is 0 Å². The molecule has 0 radical (unpaired) electrons. The van der Waals surface area contributed by atoms with Gasteiger partial charge in [-0.2, -0.15) is 13.2 Å². The Hall–Kier alpha value is -2.98. The highest BCUT2D eigenvalue weighted by Crippen LogP contribution is 2.35. The van der Waals surface area contributed by atoms with Crippen LogP contribution in [0.25, 0.3) is 16.8 Å². The summed E-state index contributed by atoms with van der Waals surface area (Å²) < 4.78 is 79.5. The van der Waals surface area contributed by atoms with Crippen molar-refractivity contribution in [3.05, 3.63) is 42.4 Å². The maximum atomic E-state index is 12.9. The fourth-order valence-electron chi connectivity index (χ4n) is 2.20. The highest BCUT2D eigenvalue weighted by Gasteiger charge is 2.37. The maximum absolute atomic E-state index is 12.9. The van der Waals surface area contributed by atoms with Crippen LogP contribution in [-0.2, 0) is 6.18 Å². The fraction of sp³-hybridized carbons (Fsp3) is 0.143. The number of alkyl halides is 6. The predicted molar refractivity (Wildman–Crippen MR) is 71.8 cm³/mol. The molecule has 25 heavy (non-hydrogen) atoms. The summed E-state index contributed by atoms with van der Waals surface area (Å²) in [6, 6.07) is 5.32. The van der Waals surface area contributed by atoms with Crippen molar-refractivity contribution in [2.45, 2.75) is 12.5 Å². The number of aromatic hydroxyl groups is 1. The molecule has 0 saturated carbocycles. The maximum Gasteiger partial charge on any atom is 0.573 e. The molecular weight excluding hydrogens is 356 g/mol. The molecule has 0 unspecified atom stereocenters. The summed E-state index contributed by atoms with van der Waals surface area (Å²) in [6.07, 6.45) is -8.65. The summed E-state index contributed by atoms with van der Waals surface area (Å²) in [4.78, 5) is 0. The van der Waals surface area contributed by atoms with Crippen LogP contribution in [-0.4, -0.2) is 26.1 Å². The van der Waals surface area contributed by atoms with Gasteiger partial charge in [0.05, 0.1) is 0 Å². The molecule has 11 heteroatoms. The molecule has 2 heterocycles. The molecule has 0 atom stereocenters. The summed E-state index contributed by atoms with van der Waals surface area (Å²) in [7, 11) is 0. The number of phenolic OH excluding ortho intramolecular Hbond substituents is 1. The number of hydrogen-bond donors (Lipinski definition) is 1. The first kappa shape index (κ1) is 16.9. The van der Waals surface area contributed by atoms with Gasteiger partial charge in [-0.15, -0.1) is 23.4 Å². The minimum Gasteiger partial charge on any atom is -0.507 e. The Kier molecular flexibility index (Phi) is 3.73. The third kappa shape index (κ3) is 3.44. The number of nitrogens with zero attached hydrogens (tertiary/aromatic N) is 3. The summed E-state index contributed by atoms with van der Waals surface area (Å²) in [5.41, 5.74) is 0.0553. The number of hydrogen-bond acceptors (Lipinski definition) is 4. The van der Waals surface area contributed by atoms with Gasteiger partial charge in [-0.05, 0) is 24.3 Å². The van der Waals surface area contributed by atoms with Crippen LogP contribution >= 0.6 is 0 Å². The van der Waals surface area contributed by atoms with Gasteiger partial charge in [0.25, 0.3) is 0 Å². The molecule has 0 aliphatic carbocycles. The normalized spacial score (nSPS) is 12.6. The molecule has 132 valence electrons. The van der Waals surface area contributed by atoms with Gasteiger partial charge >= 0.3 is 12.5 Å². The van der Waals surface area contributed by atoms with Gasteiger partial charge in [0.2, 0.25) is 5.82 Å². The average molecular weight is 363 g/mol. The average Bonchev–Trinajstić information content (AvgIpc) is 2.88. The van der Waals surface area contributed by atoms with Crippen LogP contribution in [0.2, 0.25) is 0 Å². The number of fused-ring (bicyclic) bond motifs is 1. The van der Waals surface area contributed by atoms with Crippen LogP contribution in [0, 0.1) is 0 Å². The van der Waals surface area contributed by atoms with Crippen molar-refractivity contribution in [3.63, 3.8) is 0 Å². The largest absolute Gasteiger partial charge is 0.573 e. The lowest BCUT2D eigenvalue weighted by Crippen LogP contribution is -2.17. The Morgan fingerprint density at radius 1 is 0.960 bits per heavy atom. The fourth-order valence-corrected chi connectivity index (χ4v) is 2.20. The Balaban J connectivity index is 2.04. The van der Waals surface area contributed by atoms with Gasteiger partial charge in [0.15, 0.2) is 5.65 Å². The van der Waals surface area contributed by atoms with Gasteiger partial charge in [0, 0.05) is 23.4 Å². The van der Waals surface area contributed by atoms with E-state index in [1.807, 2.05) is 0 Å². The zero-order valence-corrected chi connectivity index (χ0v) is 11.9. The summed E-state index contributed by atoms with van der Waals surface area (Å²) >= 11 is 0. The molecule has 1 aromatic carbocycles. The van der Waals surface area contributed by atoms with E-state index in [4.69, 9.17) is 0 Å². The summed E-state index contributed by atoms with van der Waals surface area (Å²) in [6.45, 7) is 0. The molecule has 0 amide bonds. The molecule has 3 aromatic rings. The number of benzene rings is 1. The second-order valence-electron chi connectivity index (χ2n) is 4.89. The third-order valence-corrected chi connectivity index (χ3v) is 3.17. The summed E-state index contributed by atoms with van der Waals surface area (Å²) in [5, 5.41) is 16.3. The van der Waals surface area contributed by atoms with Crippen molar-refractivity contribution in [2.24, 2.45) is 0 Å². The van der Waals surface area contributed by atoms with Gasteiger partial charge < -0.3 is 9.84 Å². The van der Waals surface area contributed by atoms with Gasteiger partial charge in [-0.25, -0.2) is 0 Å². The topological polar surface area (TPSA) is 59.7 Å². The molecule has 3 rings (SSSR count). The first-order valence-corrected chi connectivity index (χ1v) is 6.56. The molecule has 0 aliphatic rings. The quantitative estimate of drug-likeness (QED) is 0.699. The number of pyridine rings is 1. The SMILES string of the molecule is Oc1cc(OC(F)(F)F)ccc1-c1ccc2nnc(C(F)(F)F)n2c1. The van der Waals surface area contributed by atoms with Crippen molar-refractivity contribution in [3.8, 4) is 22.6 Å². The van der Waals surface area contributed by atoms with Crippen molar-refractivity contribution in [1.82, 2.24) is 14.6 Å². The van der Waals surface area contributed by atoms with E-state index in [0.717, 1.165) is 18.3 Å². The molecule has 0 fully saturated rings. The minimum absolute atomic E-state index is 0.0123. The predicted octanol–water partition coefficient (Wildman–Crippen LogP) is 4.02. The van der Waals surface area contributed by atoms with E-state index >= 15 is 0 Å². The van der Waals surface area contributed by atoms with Crippen LogP contribution in [0.4, 0.5) is 26.3 Å². The van der Waals surface area contributed by atoms with E-state index in [1.165, 1.54) is 12.1 Å². The standard InChI is InChI=1S/C14H7F6N3O2/c15-13(16,17)12-22-21-11-4-1-7(6-23(11)12)9-3-2-8(5-10(9)24)25-14(18,19)20/h1-6,24H. The number of phenols is 1. The molecular formula is C14H7F6N3O2. The first-order chi connectivity index (χ1) is 11.5. The van der Waals surface area contributed by atoms with Crippen molar-refractivity contribution >= 4 is 5.65 Å². The number of halogens is 6. The Morgan fingerprint density at radius 3 is 2.28 bits per heavy atom. The zero-order chi connectivity index (χ0) is 18.4. The first-order valence-electron chi connectivity index (χ1n) is 6.56. The summed E-state index contributed by atoms with van der Waals surface area (Å²) in [5.74, 6) is -2.52. The van der Waals surface area contributed by atoms with Crippen molar-refractivity contribution < 1.29 is 36.2 Å². The molecule has 0 aliphatic heterocycles. The molecule has 2 aromatic heterocycles. The van der Waals surface area contributed by atoms with E-state index in [9.17, 15) is 31.4 Å². The Bertz CT molecular complexity index is 932. The molecule has 5 nitrogen and oxygen atoms in total. The zero-order valence-electron chi connectivity index (χ0n) is 11.9. The van der Waals surface area contributed by atoms with E-state index in [0.29, 0.717) is 10.5 Å². The lowest BCUT2D eigenvalue weighted by atomic mass is 10.1. The third-order valence-electron chi connectivity index (χ3n) is 3.17. The van der Waals surface area contributed by atoms with Gasteiger partial charge in [0.1, 0.15) is 11.5 Å². The second kappa shape index (κ2) is 5.53. The number of aromatic nitrogens is 3. The highest BCUT2D eigenvalue weighted by atomic mass is 19.4. The molecule has 1 N–H and O–H groups in total. The van der Waals surface area contributed by atoms with Crippen molar-refractivity contribution in [2.75, 3.05) is 0 Å². The van der Waals surface area contributed by atoms with Crippen LogP contribution in [0.15, 0.2) is 36.5 Å². The van der Waals surface area contributed by atoms with E-state index in [1.54, 1.807) is 0 Å². The van der Waals surface area contributed by atoms with Crippen LogP contribution < -0.4 is 4.74 Å². The van der Waals surface area contributed by atoms with Crippen LogP contribution in [0.1, 0.15) is 5.82 Å². The lowest BCUT2D eigenvalue weighted by Gasteiger charge is -2.11. The highest BCUT2D eigenvalue weighted by molar-refractivity contribution is 5.71. The number of rotatable bonds is 2. The van der Waals surface area contributed by atoms with E-state index < -0.39 is 29.9 Å². The molecule has 0 saturated heterocycles. The lowest BCUT2D eigenvalue weighted by molar-refractivity contribution is -0.274. The smallest absolute Gasteiger partial charge is 0.507 e. The van der Waals surface area contributed by atoms with Gasteiger partial charge in [-0.3, -0.25) is 4.40 Å².